The van der Waals surface area contributed by atoms with Gasteiger partial charge in [0.05, 0.1) is 4.90 Å². The molecule has 21 heavy (non-hydrogen) atoms. The zero-order valence-electron chi connectivity index (χ0n) is 10.3. The number of hydrogen-bond donors (Lipinski definition) is 0. The van der Waals surface area contributed by atoms with Crippen molar-refractivity contribution in [3.8, 4) is 5.75 Å². The summed E-state index contributed by atoms with van der Waals surface area (Å²) < 4.78 is 55.4. The van der Waals surface area contributed by atoms with Gasteiger partial charge in [0.15, 0.2) is 17.4 Å². The highest BCUT2D eigenvalue weighted by Gasteiger charge is 2.19. The van der Waals surface area contributed by atoms with Crippen molar-refractivity contribution >= 4 is 35.7 Å². The van der Waals surface area contributed by atoms with Crippen molar-refractivity contribution in [1.82, 2.24) is 0 Å². The summed E-state index contributed by atoms with van der Waals surface area (Å²) in [5, 5.41) is 0. The summed E-state index contributed by atoms with van der Waals surface area (Å²) in [6.45, 7) is -0.0692. The third-order valence-electron chi connectivity index (χ3n) is 2.53. The van der Waals surface area contributed by atoms with Gasteiger partial charge in [-0.25, -0.2) is 17.2 Å². The Kier molecular flexibility index (Phi) is 4.85. The number of rotatable bonds is 4. The first-order valence-electron chi connectivity index (χ1n) is 5.58. The molecule has 0 fully saturated rings. The Balaban J connectivity index is 2.25. The second kappa shape index (κ2) is 6.29. The second-order valence-electron chi connectivity index (χ2n) is 4.07. The van der Waals surface area contributed by atoms with Gasteiger partial charge in [-0.1, -0.05) is 28.1 Å². The Bertz CT molecular complexity index is 758. The minimum atomic E-state index is -4.21. The molecule has 0 aliphatic rings. The van der Waals surface area contributed by atoms with Crippen LogP contribution in [-0.4, -0.2) is 8.42 Å². The van der Waals surface area contributed by atoms with Crippen LogP contribution in [0.4, 0.5) is 8.78 Å². The van der Waals surface area contributed by atoms with Gasteiger partial charge in [-0.05, 0) is 29.8 Å². The summed E-state index contributed by atoms with van der Waals surface area (Å²) in [5.74, 6) is -2.92. The summed E-state index contributed by atoms with van der Waals surface area (Å²) in [4.78, 5) is -0.658. The number of halogens is 4. The Labute approximate surface area is 133 Å². The molecule has 2 rings (SSSR count). The molecule has 0 heterocycles. The Morgan fingerprint density at radius 1 is 1.14 bits per heavy atom. The largest absolute Gasteiger partial charge is 0.483 e. The summed E-state index contributed by atoms with van der Waals surface area (Å²) in [7, 11) is 0.831. The Hall–Kier alpha value is -1.18. The van der Waals surface area contributed by atoms with Gasteiger partial charge in [0.25, 0.3) is 9.05 Å². The summed E-state index contributed by atoms with van der Waals surface area (Å²) >= 11 is 3.26. The van der Waals surface area contributed by atoms with Crippen LogP contribution in [0.2, 0.25) is 0 Å². The molecule has 0 aromatic heterocycles. The van der Waals surface area contributed by atoms with E-state index >= 15 is 0 Å². The van der Waals surface area contributed by atoms with E-state index in [0.29, 0.717) is 17.7 Å². The van der Waals surface area contributed by atoms with Crippen molar-refractivity contribution in [3.05, 3.63) is 58.1 Å². The van der Waals surface area contributed by atoms with E-state index in [0.717, 1.165) is 4.47 Å². The van der Waals surface area contributed by atoms with Crippen LogP contribution in [0.1, 0.15) is 5.56 Å². The van der Waals surface area contributed by atoms with E-state index in [1.807, 2.05) is 0 Å². The van der Waals surface area contributed by atoms with E-state index in [2.05, 4.69) is 15.9 Å². The van der Waals surface area contributed by atoms with Crippen molar-refractivity contribution in [1.29, 1.82) is 0 Å². The van der Waals surface area contributed by atoms with Gasteiger partial charge in [-0.2, -0.15) is 0 Å². The van der Waals surface area contributed by atoms with Gasteiger partial charge >= 0.3 is 0 Å². The van der Waals surface area contributed by atoms with Gasteiger partial charge in [-0.3, -0.25) is 0 Å². The monoisotopic (exact) mass is 396 g/mol. The standard InChI is InChI=1S/C13H8BrClF2O3S/c14-9-3-1-2-8(4-9)7-20-13-11(16)5-10(6-12(13)17)21(15,18)19/h1-6H,7H2. The fourth-order valence-corrected chi connectivity index (χ4v) is 2.80. The van der Waals surface area contributed by atoms with Crippen LogP contribution < -0.4 is 4.74 Å². The molecular formula is C13H8BrClF2O3S. The zero-order valence-corrected chi connectivity index (χ0v) is 13.5. The minimum absolute atomic E-state index is 0.0692. The number of benzene rings is 2. The van der Waals surface area contributed by atoms with Crippen LogP contribution in [0.5, 0.6) is 5.75 Å². The molecule has 0 spiro atoms. The first-order chi connectivity index (χ1) is 9.77. The number of ether oxygens (including phenoxy) is 1. The highest BCUT2D eigenvalue weighted by Crippen LogP contribution is 2.28. The van der Waals surface area contributed by atoms with Gasteiger partial charge < -0.3 is 4.74 Å². The molecule has 0 aliphatic heterocycles. The average molecular weight is 398 g/mol. The topological polar surface area (TPSA) is 43.4 Å². The lowest BCUT2D eigenvalue weighted by atomic mass is 10.2. The van der Waals surface area contributed by atoms with Crippen LogP contribution in [0.3, 0.4) is 0 Å². The molecule has 0 amide bonds. The SMILES string of the molecule is O=S(=O)(Cl)c1cc(F)c(OCc2cccc(Br)c2)c(F)c1. The number of hydrogen-bond acceptors (Lipinski definition) is 3. The molecule has 0 unspecified atom stereocenters. The molecule has 0 bridgehead atoms. The molecule has 2 aromatic rings. The van der Waals surface area contributed by atoms with Crippen LogP contribution >= 0.6 is 26.6 Å². The molecule has 0 saturated heterocycles. The summed E-state index contributed by atoms with van der Waals surface area (Å²) in [5.41, 5.74) is 0.692. The molecule has 0 saturated carbocycles. The maximum atomic E-state index is 13.7. The molecule has 0 atom stereocenters. The van der Waals surface area contributed by atoms with Crippen molar-refractivity contribution in [2.45, 2.75) is 11.5 Å². The first kappa shape index (κ1) is 16.2. The van der Waals surface area contributed by atoms with Crippen molar-refractivity contribution in [3.63, 3.8) is 0 Å². The lowest BCUT2D eigenvalue weighted by Crippen LogP contribution is -2.02. The van der Waals surface area contributed by atoms with Crippen LogP contribution in [0.15, 0.2) is 45.8 Å². The van der Waals surface area contributed by atoms with Gasteiger partial charge in [0.2, 0.25) is 0 Å². The maximum Gasteiger partial charge on any atom is 0.261 e. The van der Waals surface area contributed by atoms with Gasteiger partial charge in [0, 0.05) is 15.2 Å². The van der Waals surface area contributed by atoms with E-state index < -0.39 is 31.3 Å². The molecule has 112 valence electrons. The third kappa shape index (κ3) is 4.15. The average Bonchev–Trinajstić information content (AvgIpc) is 2.36. The molecular weight excluding hydrogens is 390 g/mol. The van der Waals surface area contributed by atoms with Crippen molar-refractivity contribution in [2.75, 3.05) is 0 Å². The molecule has 0 N–H and O–H groups in total. The van der Waals surface area contributed by atoms with E-state index in [1.54, 1.807) is 24.3 Å². The highest BCUT2D eigenvalue weighted by molar-refractivity contribution is 9.10. The van der Waals surface area contributed by atoms with E-state index in [-0.39, 0.29) is 6.61 Å². The maximum absolute atomic E-state index is 13.7. The molecule has 2 aromatic carbocycles. The second-order valence-corrected chi connectivity index (χ2v) is 7.55. The third-order valence-corrected chi connectivity index (χ3v) is 4.35. The Morgan fingerprint density at radius 3 is 2.29 bits per heavy atom. The fraction of sp³-hybridized carbons (Fsp3) is 0.0769. The predicted molar refractivity (Wildman–Crippen MR) is 77.9 cm³/mol. The fourth-order valence-electron chi connectivity index (χ4n) is 1.60. The molecule has 0 radical (unpaired) electrons. The zero-order chi connectivity index (χ0) is 15.6. The van der Waals surface area contributed by atoms with Crippen LogP contribution in [-0.2, 0) is 15.7 Å². The normalized spacial score (nSPS) is 11.4. The molecule has 0 aliphatic carbocycles. The molecule has 8 heteroatoms. The summed E-state index contributed by atoms with van der Waals surface area (Å²) in [6.07, 6.45) is 0. The van der Waals surface area contributed by atoms with E-state index in [4.69, 9.17) is 15.4 Å². The lowest BCUT2D eigenvalue weighted by molar-refractivity contribution is 0.273. The lowest BCUT2D eigenvalue weighted by Gasteiger charge is -2.09. The van der Waals surface area contributed by atoms with Gasteiger partial charge in [-0.15, -0.1) is 0 Å². The van der Waals surface area contributed by atoms with Gasteiger partial charge in [0.1, 0.15) is 6.61 Å². The van der Waals surface area contributed by atoms with E-state index in [9.17, 15) is 17.2 Å². The first-order valence-corrected chi connectivity index (χ1v) is 8.68. The summed E-state index contributed by atoms with van der Waals surface area (Å²) in [6, 6.07) is 8.22. The minimum Gasteiger partial charge on any atom is -0.483 e. The smallest absolute Gasteiger partial charge is 0.261 e. The van der Waals surface area contributed by atoms with Crippen molar-refractivity contribution in [2.24, 2.45) is 0 Å². The molecule has 3 nitrogen and oxygen atoms in total. The predicted octanol–water partition coefficient (Wildman–Crippen LogP) is 4.23. The van der Waals surface area contributed by atoms with Crippen LogP contribution in [0.25, 0.3) is 0 Å². The quantitative estimate of drug-likeness (QED) is 0.725. The Morgan fingerprint density at radius 2 is 1.76 bits per heavy atom. The van der Waals surface area contributed by atoms with Crippen molar-refractivity contribution < 1.29 is 21.9 Å². The van der Waals surface area contributed by atoms with Crippen LogP contribution in [0, 0.1) is 11.6 Å². The highest BCUT2D eigenvalue weighted by atomic mass is 79.9. The van der Waals surface area contributed by atoms with E-state index in [1.165, 1.54) is 0 Å².